The van der Waals surface area contributed by atoms with Crippen molar-refractivity contribution in [2.45, 2.75) is 32.2 Å². The van der Waals surface area contributed by atoms with Gasteiger partial charge in [0.15, 0.2) is 0 Å². The van der Waals surface area contributed by atoms with Crippen LogP contribution in [0.2, 0.25) is 0 Å². The third-order valence-corrected chi connectivity index (χ3v) is 2.29. The molecule has 0 heterocycles. The Labute approximate surface area is 55.7 Å². The summed E-state index contributed by atoms with van der Waals surface area (Å²) in [7, 11) is 0. The van der Waals surface area contributed by atoms with Gasteiger partial charge in [0.25, 0.3) is 0 Å². The fourth-order valence-electron chi connectivity index (χ4n) is 1.33. The highest BCUT2D eigenvalue weighted by molar-refractivity contribution is 5.05. The largest absolute Gasteiger partial charge is 0.326 e. The molecule has 1 fully saturated rings. The number of hydrogen-bond acceptors (Lipinski definition) is 2. The molecule has 0 radical (unpaired) electrons. The summed E-state index contributed by atoms with van der Waals surface area (Å²) in [5.74, 6) is 0. The Bertz CT molecular complexity index is 147. The molecule has 0 saturated heterocycles. The molecule has 2 heteroatoms. The van der Waals surface area contributed by atoms with E-state index in [0.29, 0.717) is 0 Å². The highest BCUT2D eigenvalue weighted by atomic mass is 14.7. The molecule has 9 heavy (non-hydrogen) atoms. The summed E-state index contributed by atoms with van der Waals surface area (Å²) in [6.07, 6.45) is 3.11. The fraction of sp³-hybridized carbons (Fsp3) is 0.857. The minimum atomic E-state index is -0.222. The summed E-state index contributed by atoms with van der Waals surface area (Å²) >= 11 is 0. The molecule has 1 aliphatic rings. The summed E-state index contributed by atoms with van der Waals surface area (Å²) in [6, 6.07) is 2.38. The van der Waals surface area contributed by atoms with Crippen LogP contribution >= 0.6 is 0 Å². The average Bonchev–Trinajstić information content (AvgIpc) is 2.15. The van der Waals surface area contributed by atoms with Gasteiger partial charge in [-0.1, -0.05) is 6.42 Å². The van der Waals surface area contributed by atoms with Crippen LogP contribution in [0.4, 0.5) is 0 Å². The number of hydrogen-bond donors (Lipinski definition) is 1. The molecule has 1 rings (SSSR count). The van der Waals surface area contributed by atoms with Crippen molar-refractivity contribution in [2.24, 2.45) is 11.1 Å². The van der Waals surface area contributed by atoms with E-state index in [0.717, 1.165) is 19.3 Å². The SMILES string of the molecule is C[C@]1(C#N)CCC[C@H]1N. The predicted octanol–water partition coefficient (Wildman–Crippen LogP) is 1.03. The van der Waals surface area contributed by atoms with E-state index in [2.05, 4.69) is 6.07 Å². The second-order valence-electron chi connectivity index (χ2n) is 3.03. The molecule has 2 atom stereocenters. The maximum Gasteiger partial charge on any atom is 0.0703 e. The zero-order valence-corrected chi connectivity index (χ0v) is 5.72. The zero-order valence-electron chi connectivity index (χ0n) is 5.72. The van der Waals surface area contributed by atoms with Gasteiger partial charge < -0.3 is 5.73 Å². The van der Waals surface area contributed by atoms with Crippen molar-refractivity contribution in [1.29, 1.82) is 5.26 Å². The van der Waals surface area contributed by atoms with Crippen LogP contribution in [-0.4, -0.2) is 6.04 Å². The van der Waals surface area contributed by atoms with Crippen molar-refractivity contribution in [3.63, 3.8) is 0 Å². The summed E-state index contributed by atoms with van der Waals surface area (Å²) < 4.78 is 0. The molecule has 0 bridgehead atoms. The summed E-state index contributed by atoms with van der Waals surface area (Å²) in [5, 5.41) is 8.67. The molecule has 0 aromatic rings. The highest BCUT2D eigenvalue weighted by Gasteiger charge is 2.36. The molecule has 0 amide bonds. The van der Waals surface area contributed by atoms with Gasteiger partial charge in [-0.05, 0) is 19.8 Å². The number of nitrogens with zero attached hydrogens (tertiary/aromatic N) is 1. The van der Waals surface area contributed by atoms with Crippen LogP contribution in [-0.2, 0) is 0 Å². The van der Waals surface area contributed by atoms with E-state index in [1.165, 1.54) is 0 Å². The molecule has 1 saturated carbocycles. The third kappa shape index (κ3) is 0.927. The highest BCUT2D eigenvalue weighted by Crippen LogP contribution is 2.35. The summed E-state index contributed by atoms with van der Waals surface area (Å²) in [4.78, 5) is 0. The summed E-state index contributed by atoms with van der Waals surface area (Å²) in [6.45, 7) is 1.95. The first-order valence-electron chi connectivity index (χ1n) is 3.36. The molecule has 0 spiro atoms. The van der Waals surface area contributed by atoms with Gasteiger partial charge in [-0.15, -0.1) is 0 Å². The van der Waals surface area contributed by atoms with Crippen LogP contribution in [0.1, 0.15) is 26.2 Å². The maximum atomic E-state index is 8.67. The molecule has 1 aliphatic carbocycles. The Morgan fingerprint density at radius 1 is 1.78 bits per heavy atom. The van der Waals surface area contributed by atoms with Crippen molar-refractivity contribution in [3.05, 3.63) is 0 Å². The van der Waals surface area contributed by atoms with Gasteiger partial charge in [0.1, 0.15) is 0 Å². The van der Waals surface area contributed by atoms with E-state index < -0.39 is 0 Å². The average molecular weight is 124 g/mol. The lowest BCUT2D eigenvalue weighted by Crippen LogP contribution is -2.32. The molecule has 50 valence electrons. The van der Waals surface area contributed by atoms with Gasteiger partial charge in [-0.25, -0.2) is 0 Å². The van der Waals surface area contributed by atoms with Crippen LogP contribution in [0.25, 0.3) is 0 Å². The molecule has 2 N–H and O–H groups in total. The van der Waals surface area contributed by atoms with Gasteiger partial charge in [0, 0.05) is 6.04 Å². The lowest BCUT2D eigenvalue weighted by molar-refractivity contribution is 0.402. The van der Waals surface area contributed by atoms with Gasteiger partial charge in [-0.2, -0.15) is 5.26 Å². The molecule has 0 aromatic heterocycles. The predicted molar refractivity (Wildman–Crippen MR) is 35.5 cm³/mol. The normalized spacial score (nSPS) is 42.6. The first-order chi connectivity index (χ1) is 4.19. The number of nitriles is 1. The van der Waals surface area contributed by atoms with Crippen LogP contribution in [0.3, 0.4) is 0 Å². The van der Waals surface area contributed by atoms with Gasteiger partial charge in [-0.3, -0.25) is 0 Å². The Morgan fingerprint density at radius 3 is 2.67 bits per heavy atom. The second kappa shape index (κ2) is 2.00. The zero-order chi connectivity index (χ0) is 6.91. The number of nitrogens with two attached hydrogens (primary N) is 1. The summed E-state index contributed by atoms with van der Waals surface area (Å²) in [5.41, 5.74) is 5.48. The Hall–Kier alpha value is -0.550. The van der Waals surface area contributed by atoms with E-state index in [9.17, 15) is 0 Å². The molecule has 0 aliphatic heterocycles. The maximum absolute atomic E-state index is 8.67. The lowest BCUT2D eigenvalue weighted by Gasteiger charge is -2.18. The fourth-order valence-corrected chi connectivity index (χ4v) is 1.33. The van der Waals surface area contributed by atoms with Gasteiger partial charge in [0.2, 0.25) is 0 Å². The topological polar surface area (TPSA) is 49.8 Å². The lowest BCUT2D eigenvalue weighted by atomic mass is 9.87. The Balaban J connectivity index is 2.70. The van der Waals surface area contributed by atoms with E-state index in [4.69, 9.17) is 11.0 Å². The molecular formula is C7H12N2. The van der Waals surface area contributed by atoms with Crippen LogP contribution < -0.4 is 5.73 Å². The minimum absolute atomic E-state index is 0.113. The van der Waals surface area contributed by atoms with Crippen LogP contribution in [0.15, 0.2) is 0 Å². The minimum Gasteiger partial charge on any atom is -0.326 e. The third-order valence-electron chi connectivity index (χ3n) is 2.29. The second-order valence-corrected chi connectivity index (χ2v) is 3.03. The molecule has 0 aromatic carbocycles. The molecule has 2 nitrogen and oxygen atoms in total. The quantitative estimate of drug-likeness (QED) is 0.524. The van der Waals surface area contributed by atoms with Gasteiger partial charge in [0.05, 0.1) is 11.5 Å². The molecule has 0 unspecified atom stereocenters. The van der Waals surface area contributed by atoms with Crippen molar-refractivity contribution in [3.8, 4) is 6.07 Å². The van der Waals surface area contributed by atoms with Crippen molar-refractivity contribution in [1.82, 2.24) is 0 Å². The Morgan fingerprint density at radius 2 is 2.44 bits per heavy atom. The smallest absolute Gasteiger partial charge is 0.0703 e. The van der Waals surface area contributed by atoms with Crippen molar-refractivity contribution in [2.75, 3.05) is 0 Å². The molecular weight excluding hydrogens is 112 g/mol. The Kier molecular flexibility index (Phi) is 1.46. The van der Waals surface area contributed by atoms with E-state index in [1.807, 2.05) is 6.92 Å². The monoisotopic (exact) mass is 124 g/mol. The van der Waals surface area contributed by atoms with Crippen LogP contribution in [0.5, 0.6) is 0 Å². The van der Waals surface area contributed by atoms with Crippen molar-refractivity contribution >= 4 is 0 Å². The van der Waals surface area contributed by atoms with Gasteiger partial charge >= 0.3 is 0 Å². The van der Waals surface area contributed by atoms with Crippen molar-refractivity contribution < 1.29 is 0 Å². The number of rotatable bonds is 0. The van der Waals surface area contributed by atoms with E-state index >= 15 is 0 Å². The van der Waals surface area contributed by atoms with E-state index in [1.54, 1.807) is 0 Å². The van der Waals surface area contributed by atoms with Crippen LogP contribution in [0, 0.1) is 16.7 Å². The standard InChI is InChI=1S/C7H12N2/c1-7(5-8)4-2-3-6(7)9/h6H,2-4,9H2,1H3/t6-,7-/m1/s1. The van der Waals surface area contributed by atoms with E-state index in [-0.39, 0.29) is 11.5 Å². The first kappa shape index (κ1) is 6.57. The first-order valence-corrected chi connectivity index (χ1v) is 3.36.